The molecule has 1 aliphatic heterocycles. The van der Waals surface area contributed by atoms with Gasteiger partial charge in [-0.1, -0.05) is 56.3 Å². The lowest BCUT2D eigenvalue weighted by Gasteiger charge is -2.44. The van der Waals surface area contributed by atoms with Gasteiger partial charge in [-0.3, -0.25) is 9.78 Å². The molecule has 222 valence electrons. The first-order valence-electron chi connectivity index (χ1n) is 15.0. The first-order chi connectivity index (χ1) is 20.6. The lowest BCUT2D eigenvalue weighted by atomic mass is 10.0. The SMILES string of the molecule is C=CC(=O)N1C[C@H](C)N(c2nc(=O)n(-c3c(C4CC4)ccnc3C(C)C)c3nc(-c4ccccc4C)c(Cl)cc23)C[C@H]1C. The van der Waals surface area contributed by atoms with E-state index in [-0.39, 0.29) is 23.9 Å². The predicted molar refractivity (Wildman–Crippen MR) is 172 cm³/mol. The highest BCUT2D eigenvalue weighted by molar-refractivity contribution is 6.34. The van der Waals surface area contributed by atoms with Gasteiger partial charge < -0.3 is 9.80 Å². The van der Waals surface area contributed by atoms with Crippen molar-refractivity contribution in [2.45, 2.75) is 71.4 Å². The van der Waals surface area contributed by atoms with Crippen LogP contribution in [0.3, 0.4) is 0 Å². The Morgan fingerprint density at radius 1 is 1.09 bits per heavy atom. The summed E-state index contributed by atoms with van der Waals surface area (Å²) < 4.78 is 1.67. The molecule has 1 aliphatic carbocycles. The molecule has 6 rings (SSSR count). The van der Waals surface area contributed by atoms with E-state index in [0.717, 1.165) is 40.9 Å². The number of anilines is 1. The summed E-state index contributed by atoms with van der Waals surface area (Å²) in [6.45, 7) is 14.9. The number of fused-ring (bicyclic) bond motifs is 1. The minimum atomic E-state index is -0.408. The fourth-order valence-corrected chi connectivity index (χ4v) is 6.53. The second-order valence-electron chi connectivity index (χ2n) is 12.2. The van der Waals surface area contributed by atoms with E-state index in [2.05, 4.69) is 25.3 Å². The first kappa shape index (κ1) is 29.1. The third kappa shape index (κ3) is 5.12. The van der Waals surface area contributed by atoms with Crippen molar-refractivity contribution in [1.82, 2.24) is 24.4 Å². The molecule has 4 aromatic rings. The number of hydrogen-bond donors (Lipinski definition) is 0. The van der Waals surface area contributed by atoms with Gasteiger partial charge in [-0.05, 0) is 74.8 Å². The molecule has 43 heavy (non-hydrogen) atoms. The normalized spacial score (nSPS) is 18.9. The maximum atomic E-state index is 14.3. The van der Waals surface area contributed by atoms with Gasteiger partial charge in [0.1, 0.15) is 5.82 Å². The number of halogens is 1. The van der Waals surface area contributed by atoms with Crippen LogP contribution < -0.4 is 10.6 Å². The highest BCUT2D eigenvalue weighted by Gasteiger charge is 2.35. The van der Waals surface area contributed by atoms with Crippen molar-refractivity contribution in [3.05, 3.63) is 87.6 Å². The fourth-order valence-electron chi connectivity index (χ4n) is 6.28. The predicted octanol–water partition coefficient (Wildman–Crippen LogP) is 6.42. The van der Waals surface area contributed by atoms with Crippen molar-refractivity contribution in [3.8, 4) is 16.9 Å². The summed E-state index contributed by atoms with van der Waals surface area (Å²) >= 11 is 7.01. The molecular formula is C34H37ClN6O2. The number of piperazine rings is 1. The third-order valence-corrected chi connectivity index (χ3v) is 8.98. The number of carbonyl (C=O) groups excluding carboxylic acids is 1. The van der Waals surface area contributed by atoms with E-state index in [1.807, 2.05) is 68.3 Å². The topological polar surface area (TPSA) is 84.2 Å². The lowest BCUT2D eigenvalue weighted by Crippen LogP contribution is -2.58. The molecule has 1 saturated carbocycles. The number of benzene rings is 1. The summed E-state index contributed by atoms with van der Waals surface area (Å²) in [5.74, 6) is 0.867. The second kappa shape index (κ2) is 11.2. The van der Waals surface area contributed by atoms with E-state index < -0.39 is 5.69 Å². The number of aryl methyl sites for hydroxylation is 1. The summed E-state index contributed by atoms with van der Waals surface area (Å²) in [5, 5.41) is 1.17. The Labute approximate surface area is 257 Å². The number of hydrogen-bond acceptors (Lipinski definition) is 6. The van der Waals surface area contributed by atoms with Crippen molar-refractivity contribution in [2.75, 3.05) is 18.0 Å². The molecule has 0 bridgehead atoms. The quantitative estimate of drug-likeness (QED) is 0.239. The Morgan fingerprint density at radius 2 is 1.84 bits per heavy atom. The molecule has 9 heteroatoms. The first-order valence-corrected chi connectivity index (χ1v) is 15.4. The van der Waals surface area contributed by atoms with Crippen molar-refractivity contribution in [2.24, 2.45) is 0 Å². The van der Waals surface area contributed by atoms with E-state index in [4.69, 9.17) is 26.6 Å². The summed E-state index contributed by atoms with van der Waals surface area (Å²) in [5.41, 5.74) is 5.37. The van der Waals surface area contributed by atoms with E-state index in [1.54, 1.807) is 4.57 Å². The molecule has 4 heterocycles. The van der Waals surface area contributed by atoms with Crippen LogP contribution in [0.4, 0.5) is 5.82 Å². The molecule has 2 aliphatic rings. The van der Waals surface area contributed by atoms with Crippen molar-refractivity contribution >= 4 is 34.4 Å². The van der Waals surface area contributed by atoms with Crippen LogP contribution in [0.5, 0.6) is 0 Å². The van der Waals surface area contributed by atoms with Crippen LogP contribution in [-0.2, 0) is 4.79 Å². The molecule has 0 unspecified atom stereocenters. The minimum absolute atomic E-state index is 0.0785. The average molecular weight is 597 g/mol. The number of amides is 1. The fraction of sp³-hybridized carbons (Fsp3) is 0.382. The van der Waals surface area contributed by atoms with E-state index in [1.165, 1.54) is 6.08 Å². The minimum Gasteiger partial charge on any atom is -0.349 e. The Hall–Kier alpha value is -4.04. The van der Waals surface area contributed by atoms with Crippen LogP contribution in [0.15, 0.2) is 60.0 Å². The summed E-state index contributed by atoms with van der Waals surface area (Å²) in [6, 6.07) is 11.7. The van der Waals surface area contributed by atoms with Crippen LogP contribution in [0.25, 0.3) is 28.0 Å². The Balaban J connectivity index is 1.65. The number of carbonyl (C=O) groups is 1. The van der Waals surface area contributed by atoms with E-state index in [0.29, 0.717) is 46.6 Å². The zero-order valence-electron chi connectivity index (χ0n) is 25.3. The van der Waals surface area contributed by atoms with Crippen molar-refractivity contribution < 1.29 is 4.79 Å². The zero-order chi connectivity index (χ0) is 30.6. The van der Waals surface area contributed by atoms with Gasteiger partial charge in [-0.25, -0.2) is 14.3 Å². The van der Waals surface area contributed by atoms with Gasteiger partial charge in [0.15, 0.2) is 5.65 Å². The van der Waals surface area contributed by atoms with Gasteiger partial charge >= 0.3 is 5.69 Å². The third-order valence-electron chi connectivity index (χ3n) is 8.69. The lowest BCUT2D eigenvalue weighted by molar-refractivity contribution is -0.128. The summed E-state index contributed by atoms with van der Waals surface area (Å²) in [6.07, 6.45) is 5.34. The molecule has 1 aromatic carbocycles. The molecule has 0 radical (unpaired) electrons. The smallest absolute Gasteiger partial charge is 0.349 e. The average Bonchev–Trinajstić information content (AvgIpc) is 3.83. The Bertz CT molecular complexity index is 1790. The highest BCUT2D eigenvalue weighted by Crippen LogP contribution is 2.45. The van der Waals surface area contributed by atoms with Gasteiger partial charge in [0.2, 0.25) is 5.91 Å². The van der Waals surface area contributed by atoms with Gasteiger partial charge in [0, 0.05) is 36.9 Å². The van der Waals surface area contributed by atoms with Crippen LogP contribution in [-0.4, -0.2) is 55.5 Å². The molecule has 1 amide bonds. The van der Waals surface area contributed by atoms with E-state index in [9.17, 15) is 9.59 Å². The van der Waals surface area contributed by atoms with E-state index >= 15 is 0 Å². The maximum absolute atomic E-state index is 14.3. The second-order valence-corrected chi connectivity index (χ2v) is 12.6. The molecule has 1 saturated heterocycles. The van der Waals surface area contributed by atoms with Gasteiger partial charge in [0.25, 0.3) is 0 Å². The van der Waals surface area contributed by atoms with Gasteiger partial charge in [0.05, 0.1) is 27.5 Å². The van der Waals surface area contributed by atoms with Crippen LogP contribution in [0.1, 0.15) is 69.2 Å². The molecule has 3 aromatic heterocycles. The van der Waals surface area contributed by atoms with Crippen molar-refractivity contribution in [1.29, 1.82) is 0 Å². The number of pyridine rings is 2. The molecule has 0 spiro atoms. The molecule has 2 atom stereocenters. The standard InChI is InChI=1S/C34H37ClN6O2/c1-7-28(42)39-17-22(6)40(18-21(39)5)32-26-16-27(35)30(24-11-9-8-10-20(24)4)37-33(26)41(34(43)38-32)31-25(23-12-13-23)14-15-36-29(31)19(2)3/h7-11,14-16,19,21-23H,1,12-13,17-18H2,2-6H3/t21-,22+/m1/s1. The monoisotopic (exact) mass is 596 g/mol. The number of aromatic nitrogens is 4. The maximum Gasteiger partial charge on any atom is 0.355 e. The molecule has 0 N–H and O–H groups in total. The Morgan fingerprint density at radius 3 is 2.51 bits per heavy atom. The summed E-state index contributed by atoms with van der Waals surface area (Å²) in [7, 11) is 0. The molecular weight excluding hydrogens is 560 g/mol. The van der Waals surface area contributed by atoms with Crippen LogP contribution in [0, 0.1) is 6.92 Å². The van der Waals surface area contributed by atoms with Crippen molar-refractivity contribution in [3.63, 3.8) is 0 Å². The van der Waals surface area contributed by atoms with Gasteiger partial charge in [-0.2, -0.15) is 4.98 Å². The Kier molecular flexibility index (Phi) is 7.59. The number of rotatable bonds is 6. The van der Waals surface area contributed by atoms with Crippen LogP contribution in [0.2, 0.25) is 5.02 Å². The molecule has 8 nitrogen and oxygen atoms in total. The largest absolute Gasteiger partial charge is 0.355 e. The molecule has 2 fully saturated rings. The summed E-state index contributed by atoms with van der Waals surface area (Å²) in [4.78, 5) is 45.5. The number of nitrogens with zero attached hydrogens (tertiary/aromatic N) is 6. The highest BCUT2D eigenvalue weighted by atomic mass is 35.5. The van der Waals surface area contributed by atoms with Gasteiger partial charge in [-0.15, -0.1) is 0 Å². The van der Waals surface area contributed by atoms with Crippen LogP contribution >= 0.6 is 11.6 Å². The zero-order valence-corrected chi connectivity index (χ0v) is 26.1.